The Labute approximate surface area is 134 Å². The molecule has 0 aliphatic carbocycles. The number of hydrogen-bond donors (Lipinski definition) is 1. The van der Waals surface area contributed by atoms with Crippen LogP contribution >= 0.6 is 0 Å². The molecule has 9 nitrogen and oxygen atoms in total. The zero-order valence-corrected chi connectivity index (χ0v) is 14.1. The van der Waals surface area contributed by atoms with Gasteiger partial charge in [0, 0.05) is 39.1 Å². The lowest BCUT2D eigenvalue weighted by molar-refractivity contribution is -0.127. The lowest BCUT2D eigenvalue weighted by Crippen LogP contribution is -2.40. The number of sulfonamides is 1. The Morgan fingerprint density at radius 3 is 2.65 bits per heavy atom. The van der Waals surface area contributed by atoms with Crippen LogP contribution < -0.4 is 4.72 Å². The average molecular weight is 338 g/mol. The van der Waals surface area contributed by atoms with E-state index in [-0.39, 0.29) is 5.95 Å². The Balaban J connectivity index is 2.25. The zero-order chi connectivity index (χ0) is 17.2. The second-order valence-corrected chi connectivity index (χ2v) is 7.19. The van der Waals surface area contributed by atoms with E-state index in [2.05, 4.69) is 19.8 Å². The molecule has 0 spiro atoms. The van der Waals surface area contributed by atoms with Crippen molar-refractivity contribution in [3.63, 3.8) is 0 Å². The van der Waals surface area contributed by atoms with Gasteiger partial charge in [0.1, 0.15) is 0 Å². The van der Waals surface area contributed by atoms with Crippen LogP contribution in [0.3, 0.4) is 0 Å². The van der Waals surface area contributed by atoms with Crippen molar-refractivity contribution in [1.82, 2.24) is 24.6 Å². The Kier molecular flexibility index (Phi) is 4.64. The van der Waals surface area contributed by atoms with E-state index in [1.54, 1.807) is 30.2 Å². The van der Waals surface area contributed by atoms with Gasteiger partial charge in [-0.05, 0) is 13.0 Å². The molecular formula is C13H18N6O3S. The second kappa shape index (κ2) is 6.32. The van der Waals surface area contributed by atoms with Crippen LogP contribution in [0.4, 0.5) is 5.95 Å². The molecule has 2 heterocycles. The molecule has 0 aliphatic heterocycles. The number of nitrogens with one attached hydrogen (secondary N) is 1. The topological polar surface area (TPSA) is 110 Å². The summed E-state index contributed by atoms with van der Waals surface area (Å²) in [5.41, 5.74) is 1.25. The van der Waals surface area contributed by atoms with E-state index < -0.39 is 21.2 Å². The first-order valence-corrected chi connectivity index (χ1v) is 8.30. The molecule has 0 saturated heterocycles. The minimum Gasteiger partial charge on any atom is -0.348 e. The van der Waals surface area contributed by atoms with Gasteiger partial charge in [-0.15, -0.1) is 0 Å². The Morgan fingerprint density at radius 2 is 2.09 bits per heavy atom. The van der Waals surface area contributed by atoms with Gasteiger partial charge in [0.05, 0.1) is 11.9 Å². The fourth-order valence-corrected chi connectivity index (χ4v) is 2.84. The molecule has 2 aromatic heterocycles. The Hall–Kier alpha value is -2.49. The van der Waals surface area contributed by atoms with E-state index in [1.807, 2.05) is 0 Å². The summed E-state index contributed by atoms with van der Waals surface area (Å²) in [6.07, 6.45) is 4.79. The fraction of sp³-hybridized carbons (Fsp3) is 0.385. The summed E-state index contributed by atoms with van der Waals surface area (Å²) < 4.78 is 28.3. The number of nitrogens with zero attached hydrogens (tertiary/aromatic N) is 5. The molecule has 124 valence electrons. The van der Waals surface area contributed by atoms with Gasteiger partial charge in [0.25, 0.3) is 0 Å². The predicted molar refractivity (Wildman–Crippen MR) is 84.9 cm³/mol. The van der Waals surface area contributed by atoms with Gasteiger partial charge in [-0.3, -0.25) is 14.2 Å². The monoisotopic (exact) mass is 338 g/mol. The maximum absolute atomic E-state index is 12.2. The highest BCUT2D eigenvalue weighted by Crippen LogP contribution is 2.17. The van der Waals surface area contributed by atoms with E-state index >= 15 is 0 Å². The molecule has 2 rings (SSSR count). The maximum Gasteiger partial charge on any atom is 0.246 e. The van der Waals surface area contributed by atoms with Gasteiger partial charge in [0.15, 0.2) is 5.25 Å². The normalized spacial score (nSPS) is 12.7. The van der Waals surface area contributed by atoms with Crippen LogP contribution in [0.2, 0.25) is 0 Å². The number of rotatable bonds is 5. The summed E-state index contributed by atoms with van der Waals surface area (Å²) in [6.45, 7) is 1.32. The van der Waals surface area contributed by atoms with Crippen LogP contribution in [0.5, 0.6) is 0 Å². The Morgan fingerprint density at radius 1 is 1.39 bits per heavy atom. The summed E-state index contributed by atoms with van der Waals surface area (Å²) >= 11 is 0. The second-order valence-electron chi connectivity index (χ2n) is 5.19. The molecule has 23 heavy (non-hydrogen) atoms. The maximum atomic E-state index is 12.2. The van der Waals surface area contributed by atoms with Gasteiger partial charge in [-0.2, -0.15) is 5.10 Å². The summed E-state index contributed by atoms with van der Waals surface area (Å²) in [4.78, 5) is 21.1. The van der Waals surface area contributed by atoms with Crippen molar-refractivity contribution in [2.45, 2.75) is 12.2 Å². The number of carbonyl (C=O) groups excluding carboxylic acids is 1. The summed E-state index contributed by atoms with van der Waals surface area (Å²) in [6, 6.07) is 1.64. The predicted octanol–water partition coefficient (Wildman–Crippen LogP) is 0.0955. The SMILES string of the molecule is C[C@H](C(=O)N(C)C)S(=O)(=O)Nc1nccc(-c2cnn(C)c2)n1. The summed E-state index contributed by atoms with van der Waals surface area (Å²) in [5, 5.41) is 2.79. The molecular weight excluding hydrogens is 320 g/mol. The molecule has 2 aromatic rings. The van der Waals surface area contributed by atoms with Crippen LogP contribution in [0.1, 0.15) is 6.92 Å². The van der Waals surface area contributed by atoms with Crippen LogP contribution in [-0.2, 0) is 21.9 Å². The van der Waals surface area contributed by atoms with Crippen molar-refractivity contribution in [3.05, 3.63) is 24.7 Å². The molecule has 0 radical (unpaired) electrons. The molecule has 0 fully saturated rings. The third-order valence-electron chi connectivity index (χ3n) is 3.14. The van der Waals surface area contributed by atoms with Crippen molar-refractivity contribution in [2.75, 3.05) is 18.8 Å². The van der Waals surface area contributed by atoms with Crippen molar-refractivity contribution >= 4 is 21.9 Å². The van der Waals surface area contributed by atoms with Gasteiger partial charge in [0.2, 0.25) is 21.9 Å². The smallest absolute Gasteiger partial charge is 0.246 e. The average Bonchev–Trinajstić information content (AvgIpc) is 2.92. The molecule has 1 amide bonds. The summed E-state index contributed by atoms with van der Waals surface area (Å²) in [7, 11) is 0.816. The first-order chi connectivity index (χ1) is 10.7. The summed E-state index contributed by atoms with van der Waals surface area (Å²) in [5.74, 6) is -0.620. The number of carbonyl (C=O) groups is 1. The first kappa shape index (κ1) is 16.9. The number of amides is 1. The lowest BCUT2D eigenvalue weighted by Gasteiger charge is -2.17. The molecule has 0 saturated carbocycles. The fourth-order valence-electron chi connectivity index (χ4n) is 1.83. The number of aryl methyl sites for hydroxylation is 1. The van der Waals surface area contributed by atoms with Crippen molar-refractivity contribution < 1.29 is 13.2 Å². The number of aromatic nitrogens is 4. The van der Waals surface area contributed by atoms with Crippen molar-refractivity contribution in [3.8, 4) is 11.3 Å². The van der Waals surface area contributed by atoms with Gasteiger partial charge in [-0.25, -0.2) is 18.4 Å². The lowest BCUT2D eigenvalue weighted by atomic mass is 10.2. The van der Waals surface area contributed by atoms with Crippen molar-refractivity contribution in [1.29, 1.82) is 0 Å². The molecule has 1 atom stereocenters. The van der Waals surface area contributed by atoms with Crippen LogP contribution in [0, 0.1) is 0 Å². The van der Waals surface area contributed by atoms with Gasteiger partial charge < -0.3 is 4.90 Å². The standard InChI is InChI=1S/C13H18N6O3S/c1-9(12(20)18(2)3)23(21,22)17-13-14-6-5-11(16-13)10-7-15-19(4)8-10/h5-9H,1-4H3,(H,14,16,17)/t9-/m1/s1. The largest absolute Gasteiger partial charge is 0.348 e. The van der Waals surface area contributed by atoms with Gasteiger partial charge in [-0.1, -0.05) is 0 Å². The molecule has 0 bridgehead atoms. The van der Waals surface area contributed by atoms with Crippen LogP contribution in [0.25, 0.3) is 11.3 Å². The highest BCUT2D eigenvalue weighted by atomic mass is 32.2. The van der Waals surface area contributed by atoms with E-state index in [0.717, 1.165) is 5.56 Å². The molecule has 0 unspecified atom stereocenters. The number of anilines is 1. The molecule has 0 aromatic carbocycles. The van der Waals surface area contributed by atoms with Crippen LogP contribution in [0.15, 0.2) is 24.7 Å². The molecule has 1 N–H and O–H groups in total. The zero-order valence-electron chi connectivity index (χ0n) is 13.3. The first-order valence-electron chi connectivity index (χ1n) is 6.75. The highest BCUT2D eigenvalue weighted by molar-refractivity contribution is 7.94. The van der Waals surface area contributed by atoms with E-state index in [4.69, 9.17) is 0 Å². The van der Waals surface area contributed by atoms with Crippen molar-refractivity contribution in [2.24, 2.45) is 7.05 Å². The Bertz CT molecular complexity index is 815. The van der Waals surface area contributed by atoms with E-state index in [9.17, 15) is 13.2 Å². The third-order valence-corrected chi connectivity index (χ3v) is 4.74. The quantitative estimate of drug-likeness (QED) is 0.827. The van der Waals surface area contributed by atoms with Crippen LogP contribution in [-0.4, -0.2) is 58.3 Å². The molecule has 10 heteroatoms. The third kappa shape index (κ3) is 3.83. The minimum absolute atomic E-state index is 0.0928. The van der Waals surface area contributed by atoms with E-state index in [1.165, 1.54) is 32.1 Å². The highest BCUT2D eigenvalue weighted by Gasteiger charge is 2.30. The van der Waals surface area contributed by atoms with Gasteiger partial charge >= 0.3 is 0 Å². The number of hydrogen-bond acceptors (Lipinski definition) is 6. The van der Waals surface area contributed by atoms with E-state index in [0.29, 0.717) is 5.69 Å². The minimum atomic E-state index is -3.94. The molecule has 0 aliphatic rings.